The minimum atomic E-state index is -3.96. The van der Waals surface area contributed by atoms with Crippen LogP contribution in [-0.2, 0) is 10.0 Å². The maximum absolute atomic E-state index is 13.1. The summed E-state index contributed by atoms with van der Waals surface area (Å²) in [7, 11) is -3.96. The summed E-state index contributed by atoms with van der Waals surface area (Å²) in [5.41, 5.74) is 1.40. The highest BCUT2D eigenvalue weighted by Gasteiger charge is 2.19. The summed E-state index contributed by atoms with van der Waals surface area (Å²) >= 11 is 0. The Bertz CT molecular complexity index is 1030. The molecule has 2 aromatic carbocycles. The van der Waals surface area contributed by atoms with E-state index >= 15 is 0 Å². The molecule has 1 aromatic heterocycles. The fraction of sp³-hybridized carbons (Fsp3) is 0.200. The Morgan fingerprint density at radius 3 is 2.46 bits per heavy atom. The van der Waals surface area contributed by atoms with Crippen LogP contribution >= 0.6 is 0 Å². The molecule has 1 heterocycles. The van der Waals surface area contributed by atoms with Crippen molar-refractivity contribution in [3.63, 3.8) is 0 Å². The third kappa shape index (κ3) is 4.83. The number of hydrogen-bond acceptors (Lipinski definition) is 5. The predicted octanol–water partition coefficient (Wildman–Crippen LogP) is 4.26. The molecule has 3 aromatic rings. The molecule has 0 aliphatic carbocycles. The van der Waals surface area contributed by atoms with Gasteiger partial charge in [0.15, 0.2) is 0 Å². The van der Waals surface area contributed by atoms with Crippen molar-refractivity contribution in [1.29, 1.82) is 0 Å². The van der Waals surface area contributed by atoms with E-state index in [0.29, 0.717) is 12.3 Å². The van der Waals surface area contributed by atoms with E-state index in [1.165, 1.54) is 18.3 Å². The van der Waals surface area contributed by atoms with Gasteiger partial charge in [0, 0.05) is 5.56 Å². The molecule has 146 valence electrons. The van der Waals surface area contributed by atoms with Crippen LogP contribution in [0.5, 0.6) is 5.88 Å². The lowest BCUT2D eigenvalue weighted by atomic mass is 10.2. The fourth-order valence-electron chi connectivity index (χ4n) is 2.40. The van der Waals surface area contributed by atoms with Gasteiger partial charge < -0.3 is 4.74 Å². The third-order valence-corrected chi connectivity index (χ3v) is 5.26. The van der Waals surface area contributed by atoms with Crippen molar-refractivity contribution >= 4 is 15.8 Å². The molecule has 0 bridgehead atoms. The highest BCUT2D eigenvalue weighted by molar-refractivity contribution is 7.92. The number of benzene rings is 2. The molecule has 0 saturated carbocycles. The van der Waals surface area contributed by atoms with Crippen LogP contribution in [0.15, 0.2) is 65.7 Å². The second-order valence-electron chi connectivity index (χ2n) is 6.04. The molecular weight excluding hydrogens is 381 g/mol. The Morgan fingerprint density at radius 1 is 1.07 bits per heavy atom. The molecule has 0 amide bonds. The number of unbranched alkanes of at least 4 members (excludes halogenated alkanes) is 1. The van der Waals surface area contributed by atoms with Crippen LogP contribution in [0.25, 0.3) is 11.3 Å². The summed E-state index contributed by atoms with van der Waals surface area (Å²) < 4.78 is 46.3. The number of ether oxygens (including phenoxy) is 1. The van der Waals surface area contributed by atoms with E-state index in [1.54, 1.807) is 0 Å². The molecule has 8 heteroatoms. The molecule has 0 radical (unpaired) electrons. The Labute approximate surface area is 163 Å². The minimum absolute atomic E-state index is 0.0138. The molecule has 0 atom stereocenters. The van der Waals surface area contributed by atoms with Gasteiger partial charge in [-0.1, -0.05) is 43.7 Å². The number of rotatable bonds is 8. The first-order chi connectivity index (χ1) is 13.5. The van der Waals surface area contributed by atoms with E-state index in [-0.39, 0.29) is 16.6 Å². The van der Waals surface area contributed by atoms with Crippen molar-refractivity contribution in [3.05, 3.63) is 66.6 Å². The largest absolute Gasteiger partial charge is 0.475 e. The Morgan fingerprint density at radius 2 is 1.79 bits per heavy atom. The van der Waals surface area contributed by atoms with Gasteiger partial charge in [0.05, 0.1) is 23.4 Å². The fourth-order valence-corrected chi connectivity index (χ4v) is 3.41. The number of aromatic nitrogens is 2. The van der Waals surface area contributed by atoms with Crippen molar-refractivity contribution in [2.24, 2.45) is 0 Å². The van der Waals surface area contributed by atoms with Crippen LogP contribution in [0.4, 0.5) is 10.2 Å². The topological polar surface area (TPSA) is 81.2 Å². The minimum Gasteiger partial charge on any atom is -0.475 e. The molecule has 6 nitrogen and oxygen atoms in total. The van der Waals surface area contributed by atoms with E-state index < -0.39 is 15.8 Å². The molecule has 0 aliphatic heterocycles. The summed E-state index contributed by atoms with van der Waals surface area (Å²) in [6.07, 6.45) is 3.19. The highest BCUT2D eigenvalue weighted by Crippen LogP contribution is 2.27. The summed E-state index contributed by atoms with van der Waals surface area (Å²) in [5.74, 6) is -0.435. The molecule has 0 aliphatic rings. The van der Waals surface area contributed by atoms with Gasteiger partial charge in [-0.05, 0) is 30.7 Å². The van der Waals surface area contributed by atoms with Gasteiger partial charge in [0.1, 0.15) is 5.82 Å². The number of halogens is 1. The van der Waals surface area contributed by atoms with Crippen molar-refractivity contribution < 1.29 is 17.5 Å². The summed E-state index contributed by atoms with van der Waals surface area (Å²) in [6.45, 7) is 2.41. The van der Waals surface area contributed by atoms with E-state index in [4.69, 9.17) is 4.74 Å². The highest BCUT2D eigenvalue weighted by atomic mass is 32.2. The van der Waals surface area contributed by atoms with Crippen LogP contribution in [0.3, 0.4) is 0 Å². The molecule has 1 N–H and O–H groups in total. The van der Waals surface area contributed by atoms with Gasteiger partial charge >= 0.3 is 0 Å². The average Bonchev–Trinajstić information content (AvgIpc) is 2.70. The van der Waals surface area contributed by atoms with Gasteiger partial charge in [-0.15, -0.1) is 0 Å². The van der Waals surface area contributed by atoms with Gasteiger partial charge in [0.25, 0.3) is 15.9 Å². The van der Waals surface area contributed by atoms with Gasteiger partial charge in [-0.2, -0.15) is 0 Å². The van der Waals surface area contributed by atoms with E-state index in [2.05, 4.69) is 14.7 Å². The Hall–Kier alpha value is -3.00. The van der Waals surface area contributed by atoms with E-state index in [0.717, 1.165) is 30.5 Å². The normalized spacial score (nSPS) is 11.2. The SMILES string of the molecule is CCCCOc1nc(-c2ccccc2)cnc1NS(=O)(=O)c1ccc(F)cc1. The second-order valence-corrected chi connectivity index (χ2v) is 7.72. The lowest BCUT2D eigenvalue weighted by molar-refractivity contribution is 0.299. The quantitative estimate of drug-likeness (QED) is 0.570. The van der Waals surface area contributed by atoms with Crippen LogP contribution in [-0.4, -0.2) is 25.0 Å². The molecule has 0 spiro atoms. The first-order valence-corrected chi connectivity index (χ1v) is 10.3. The zero-order chi connectivity index (χ0) is 20.0. The van der Waals surface area contributed by atoms with Gasteiger partial charge in [-0.25, -0.2) is 22.8 Å². The maximum atomic E-state index is 13.1. The molecular formula is C20H20FN3O3S. The predicted molar refractivity (Wildman–Crippen MR) is 105 cm³/mol. The molecule has 3 rings (SSSR count). The average molecular weight is 401 g/mol. The number of hydrogen-bond donors (Lipinski definition) is 1. The Balaban J connectivity index is 1.93. The van der Waals surface area contributed by atoms with Crippen molar-refractivity contribution in [2.45, 2.75) is 24.7 Å². The summed E-state index contributed by atoms with van der Waals surface area (Å²) in [6, 6.07) is 13.9. The first-order valence-electron chi connectivity index (χ1n) is 8.83. The van der Waals surface area contributed by atoms with Crippen LogP contribution in [0, 0.1) is 5.82 Å². The summed E-state index contributed by atoms with van der Waals surface area (Å²) in [5, 5.41) is 0. The molecule has 28 heavy (non-hydrogen) atoms. The number of nitrogens with one attached hydrogen (secondary N) is 1. The number of nitrogens with zero attached hydrogens (tertiary/aromatic N) is 2. The van der Waals surface area contributed by atoms with Crippen LogP contribution in [0.1, 0.15) is 19.8 Å². The Kier molecular flexibility index (Phi) is 6.20. The van der Waals surface area contributed by atoms with E-state index in [9.17, 15) is 12.8 Å². The lowest BCUT2D eigenvalue weighted by Gasteiger charge is -2.13. The standard InChI is InChI=1S/C20H20FN3O3S/c1-2-3-13-27-20-19(22-14-18(23-20)15-7-5-4-6-8-15)24-28(25,26)17-11-9-16(21)10-12-17/h4-12,14H,2-3,13H2,1H3,(H,22,24). The van der Waals surface area contributed by atoms with Gasteiger partial charge in [0.2, 0.25) is 5.82 Å². The lowest BCUT2D eigenvalue weighted by Crippen LogP contribution is -2.16. The monoisotopic (exact) mass is 401 g/mol. The van der Waals surface area contributed by atoms with E-state index in [1.807, 2.05) is 37.3 Å². The van der Waals surface area contributed by atoms with Gasteiger partial charge in [-0.3, -0.25) is 4.72 Å². The first kappa shape index (κ1) is 19.8. The smallest absolute Gasteiger partial charge is 0.263 e. The van der Waals surface area contributed by atoms with Crippen molar-refractivity contribution in [1.82, 2.24) is 9.97 Å². The van der Waals surface area contributed by atoms with Crippen molar-refractivity contribution in [3.8, 4) is 17.1 Å². The molecule has 0 unspecified atom stereocenters. The summed E-state index contributed by atoms with van der Waals surface area (Å²) in [4.78, 5) is 8.56. The van der Waals surface area contributed by atoms with Crippen LogP contribution in [0.2, 0.25) is 0 Å². The van der Waals surface area contributed by atoms with Crippen molar-refractivity contribution in [2.75, 3.05) is 11.3 Å². The zero-order valence-electron chi connectivity index (χ0n) is 15.3. The third-order valence-electron chi connectivity index (χ3n) is 3.90. The molecule has 0 saturated heterocycles. The zero-order valence-corrected chi connectivity index (χ0v) is 16.1. The maximum Gasteiger partial charge on any atom is 0.263 e. The van der Waals surface area contributed by atoms with Crippen LogP contribution < -0.4 is 9.46 Å². The second kappa shape index (κ2) is 8.79. The molecule has 0 fully saturated rings. The number of anilines is 1. The number of sulfonamides is 1.